The van der Waals surface area contributed by atoms with Gasteiger partial charge < -0.3 is 5.32 Å². The van der Waals surface area contributed by atoms with Crippen molar-refractivity contribution in [2.75, 3.05) is 7.05 Å². The van der Waals surface area contributed by atoms with E-state index in [-0.39, 0.29) is 17.9 Å². The number of aromatic nitrogens is 2. The van der Waals surface area contributed by atoms with Gasteiger partial charge in [0.15, 0.2) is 5.04 Å². The molecule has 1 saturated carbocycles. The molecular formula is C19H21ClF2N4OS. The summed E-state index contributed by atoms with van der Waals surface area (Å²) >= 11 is 7.24. The maximum Gasteiger partial charge on any atom is 0.276 e. The fourth-order valence-corrected chi connectivity index (χ4v) is 4.10. The van der Waals surface area contributed by atoms with Crippen molar-refractivity contribution in [1.82, 2.24) is 14.9 Å². The zero-order valence-corrected chi connectivity index (χ0v) is 17.2. The molecule has 0 aromatic carbocycles. The van der Waals surface area contributed by atoms with E-state index in [1.54, 1.807) is 16.8 Å². The summed E-state index contributed by atoms with van der Waals surface area (Å²) in [6.45, 7) is 1.98. The van der Waals surface area contributed by atoms with Crippen LogP contribution in [0.1, 0.15) is 36.8 Å². The molecule has 2 aromatic heterocycles. The number of aliphatic imine (C=N–C) groups is 1. The number of aryl methyl sites for hydroxylation is 1. The largest absolute Gasteiger partial charge is 0.341 e. The summed E-state index contributed by atoms with van der Waals surface area (Å²) in [5.41, 5.74) is 2.74. The molecule has 0 spiro atoms. The highest BCUT2D eigenvalue weighted by Gasteiger charge is 2.42. The number of pyridine rings is 1. The average molecular weight is 427 g/mol. The first-order valence-corrected chi connectivity index (χ1v) is 10.1. The lowest BCUT2D eigenvalue weighted by Crippen LogP contribution is -2.50. The Hall–Kier alpha value is -1.93. The Labute approximate surface area is 171 Å². The van der Waals surface area contributed by atoms with E-state index in [9.17, 15) is 13.6 Å². The van der Waals surface area contributed by atoms with Gasteiger partial charge in [0, 0.05) is 25.2 Å². The van der Waals surface area contributed by atoms with Crippen LogP contribution in [-0.4, -0.2) is 39.6 Å². The van der Waals surface area contributed by atoms with Crippen molar-refractivity contribution in [2.45, 2.75) is 44.6 Å². The summed E-state index contributed by atoms with van der Waals surface area (Å²) < 4.78 is 30.0. The maximum atomic E-state index is 14.0. The summed E-state index contributed by atoms with van der Waals surface area (Å²) in [4.78, 5) is 16.4. The van der Waals surface area contributed by atoms with Crippen molar-refractivity contribution in [3.63, 3.8) is 0 Å². The van der Waals surface area contributed by atoms with Crippen LogP contribution in [0.5, 0.6) is 0 Å². The van der Waals surface area contributed by atoms with Crippen molar-refractivity contribution in [3.8, 4) is 0 Å². The van der Waals surface area contributed by atoms with Crippen LogP contribution in [0.25, 0.3) is 11.6 Å². The summed E-state index contributed by atoms with van der Waals surface area (Å²) in [5.74, 6) is -3.53. The van der Waals surface area contributed by atoms with Crippen molar-refractivity contribution in [3.05, 3.63) is 40.0 Å². The number of alkyl halides is 2. The van der Waals surface area contributed by atoms with Gasteiger partial charge in [0.2, 0.25) is 0 Å². The van der Waals surface area contributed by atoms with E-state index in [1.165, 1.54) is 7.05 Å². The molecule has 1 aliphatic rings. The lowest BCUT2D eigenvalue weighted by Gasteiger charge is -2.31. The molecule has 3 rings (SSSR count). The van der Waals surface area contributed by atoms with E-state index >= 15 is 0 Å². The van der Waals surface area contributed by atoms with E-state index in [0.29, 0.717) is 17.2 Å². The van der Waals surface area contributed by atoms with Crippen LogP contribution in [0.3, 0.4) is 0 Å². The van der Waals surface area contributed by atoms with E-state index in [1.807, 2.05) is 25.3 Å². The second kappa shape index (κ2) is 8.61. The van der Waals surface area contributed by atoms with Crippen LogP contribution in [-0.2, 0) is 4.79 Å². The van der Waals surface area contributed by atoms with E-state index in [0.717, 1.165) is 28.4 Å². The van der Waals surface area contributed by atoms with E-state index in [4.69, 9.17) is 11.6 Å². The number of thioether (sulfide) groups is 1. The minimum atomic E-state index is -2.90. The minimum absolute atomic E-state index is 0.0373. The zero-order chi connectivity index (χ0) is 20.3. The normalized spacial score (nSPS) is 20.4. The molecule has 2 aromatic rings. The Morgan fingerprint density at radius 1 is 1.50 bits per heavy atom. The number of fused-ring (bicyclic) bond motifs is 1. The first kappa shape index (κ1) is 20.8. The number of nitrogens with zero attached hydrogens (tertiary/aromatic N) is 3. The molecule has 0 bridgehead atoms. The molecule has 1 aliphatic carbocycles. The molecule has 1 N–H and O–H groups in total. The number of halogens is 3. The Morgan fingerprint density at radius 3 is 3.00 bits per heavy atom. The lowest BCUT2D eigenvalue weighted by atomic mass is 9.91. The number of carbonyl (C=O) groups excluding carboxylic acids is 1. The second-order valence-corrected chi connectivity index (χ2v) is 8.41. The summed E-state index contributed by atoms with van der Waals surface area (Å²) in [6.07, 6.45) is 6.38. The van der Waals surface area contributed by atoms with Crippen LogP contribution in [0.15, 0.2) is 33.9 Å². The first-order valence-electron chi connectivity index (χ1n) is 8.94. The van der Waals surface area contributed by atoms with Gasteiger partial charge in [-0.15, -0.1) is 0 Å². The molecule has 9 heteroatoms. The molecule has 0 unspecified atom stereocenters. The van der Waals surface area contributed by atoms with Gasteiger partial charge in [0.05, 0.1) is 22.1 Å². The fraction of sp³-hybridized carbons (Fsp3) is 0.421. The SMILES string of the molecule is C/N=C(\S/C(Cl)=C/c1cnn2ccc(C)cc12)C(=O)N[C@@H]1CCCCC1(F)F. The van der Waals surface area contributed by atoms with Gasteiger partial charge >= 0.3 is 0 Å². The van der Waals surface area contributed by atoms with Crippen LogP contribution in [0.4, 0.5) is 8.78 Å². The number of amides is 1. The monoisotopic (exact) mass is 426 g/mol. The lowest BCUT2D eigenvalue weighted by molar-refractivity contribution is -0.121. The quantitative estimate of drug-likeness (QED) is 0.574. The van der Waals surface area contributed by atoms with Crippen molar-refractivity contribution < 1.29 is 13.6 Å². The number of hydrogen-bond acceptors (Lipinski definition) is 4. The molecular weight excluding hydrogens is 406 g/mol. The molecule has 0 radical (unpaired) electrons. The van der Waals surface area contributed by atoms with Crippen molar-refractivity contribution in [1.29, 1.82) is 0 Å². The Bertz CT molecular complexity index is 941. The third kappa shape index (κ3) is 4.72. The van der Waals surface area contributed by atoms with Gasteiger partial charge in [-0.3, -0.25) is 9.79 Å². The number of carbonyl (C=O) groups is 1. The molecule has 0 saturated heterocycles. The Morgan fingerprint density at radius 2 is 2.29 bits per heavy atom. The predicted molar refractivity (Wildman–Crippen MR) is 110 cm³/mol. The Balaban J connectivity index is 1.72. The number of nitrogens with one attached hydrogen (secondary N) is 1. The summed E-state index contributed by atoms with van der Waals surface area (Å²) in [7, 11) is 1.43. The van der Waals surface area contributed by atoms with Crippen molar-refractivity contribution in [2.24, 2.45) is 4.99 Å². The van der Waals surface area contributed by atoms with Gasteiger partial charge in [-0.05, 0) is 43.5 Å². The smallest absolute Gasteiger partial charge is 0.276 e. The molecule has 28 heavy (non-hydrogen) atoms. The molecule has 1 amide bonds. The standard InChI is InChI=1S/C19H21ClF2N4OS/c1-12-6-8-26-14(9-12)13(11-24-26)10-16(20)28-18(23-2)17(27)25-15-5-3-4-7-19(15,21)22/h6,8-11,15H,3-5,7H2,1-2H3,(H,25,27)/b16-10+,23-18-/t15-/m1/s1. The fourth-order valence-electron chi connectivity index (χ4n) is 3.15. The topological polar surface area (TPSA) is 58.8 Å². The minimum Gasteiger partial charge on any atom is -0.341 e. The number of rotatable bonds is 3. The highest BCUT2D eigenvalue weighted by molar-refractivity contribution is 8.20. The van der Waals surface area contributed by atoms with Crippen LogP contribution < -0.4 is 5.32 Å². The average Bonchev–Trinajstić information content (AvgIpc) is 3.03. The summed E-state index contributed by atoms with van der Waals surface area (Å²) in [5, 5.41) is 6.71. The van der Waals surface area contributed by atoms with Gasteiger partial charge in [-0.2, -0.15) is 5.10 Å². The first-order chi connectivity index (χ1) is 13.3. The van der Waals surface area contributed by atoms with E-state index in [2.05, 4.69) is 15.4 Å². The highest BCUT2D eigenvalue weighted by atomic mass is 35.5. The molecule has 5 nitrogen and oxygen atoms in total. The van der Waals surface area contributed by atoms with E-state index < -0.39 is 17.9 Å². The van der Waals surface area contributed by atoms with Gasteiger partial charge in [0.25, 0.3) is 11.8 Å². The summed E-state index contributed by atoms with van der Waals surface area (Å²) in [6, 6.07) is 2.74. The zero-order valence-electron chi connectivity index (χ0n) is 15.6. The van der Waals surface area contributed by atoms with Gasteiger partial charge in [-0.25, -0.2) is 13.3 Å². The second-order valence-electron chi connectivity index (χ2n) is 6.75. The molecule has 0 aliphatic heterocycles. The molecule has 2 heterocycles. The number of hydrogen-bond donors (Lipinski definition) is 1. The van der Waals surface area contributed by atoms with Crippen LogP contribution in [0, 0.1) is 6.92 Å². The predicted octanol–water partition coefficient (Wildman–Crippen LogP) is 4.64. The Kier molecular flexibility index (Phi) is 6.40. The van der Waals surface area contributed by atoms with Crippen LogP contribution in [0.2, 0.25) is 0 Å². The van der Waals surface area contributed by atoms with Gasteiger partial charge in [-0.1, -0.05) is 29.8 Å². The molecule has 1 atom stereocenters. The molecule has 150 valence electrons. The van der Waals surface area contributed by atoms with Gasteiger partial charge in [0.1, 0.15) is 0 Å². The van der Waals surface area contributed by atoms with Crippen LogP contribution >= 0.6 is 23.4 Å². The highest BCUT2D eigenvalue weighted by Crippen LogP contribution is 2.34. The third-order valence-corrected chi connectivity index (χ3v) is 5.85. The van der Waals surface area contributed by atoms with Crippen molar-refractivity contribution >= 4 is 45.9 Å². The molecule has 1 fully saturated rings. The maximum absolute atomic E-state index is 14.0. The third-order valence-electron chi connectivity index (χ3n) is 4.64.